The van der Waals surface area contributed by atoms with E-state index in [0.29, 0.717) is 5.75 Å². The van der Waals surface area contributed by atoms with Crippen molar-refractivity contribution >= 4 is 11.8 Å². The summed E-state index contributed by atoms with van der Waals surface area (Å²) >= 11 is 0.943. The molecule has 1 unspecified atom stereocenters. The third-order valence-corrected chi connectivity index (χ3v) is 4.97. The van der Waals surface area contributed by atoms with Crippen molar-refractivity contribution in [2.75, 3.05) is 0 Å². The van der Waals surface area contributed by atoms with Crippen LogP contribution < -0.4 is 0 Å². The molecule has 0 spiro atoms. The zero-order valence-corrected chi connectivity index (χ0v) is 11.7. The SMILES string of the molecule is Fc1cccc2c1[C@@H](F)C(F)(F)C2SCc1ccccc1. The van der Waals surface area contributed by atoms with Crippen molar-refractivity contribution < 1.29 is 17.6 Å². The normalized spacial score (nSPS) is 23.0. The molecule has 0 N–H and O–H groups in total. The van der Waals surface area contributed by atoms with Crippen molar-refractivity contribution in [3.05, 3.63) is 71.0 Å². The maximum atomic E-state index is 14.1. The quantitative estimate of drug-likeness (QED) is 0.678. The van der Waals surface area contributed by atoms with Crippen LogP contribution in [0.1, 0.15) is 28.1 Å². The van der Waals surface area contributed by atoms with Gasteiger partial charge in [-0.05, 0) is 17.2 Å². The van der Waals surface area contributed by atoms with E-state index in [4.69, 9.17) is 0 Å². The van der Waals surface area contributed by atoms with Crippen LogP contribution in [0.5, 0.6) is 0 Å². The summed E-state index contributed by atoms with van der Waals surface area (Å²) in [6, 6.07) is 12.8. The summed E-state index contributed by atoms with van der Waals surface area (Å²) in [5.41, 5.74) is 0.444. The van der Waals surface area contributed by atoms with Gasteiger partial charge in [-0.1, -0.05) is 42.5 Å². The van der Waals surface area contributed by atoms with E-state index in [-0.39, 0.29) is 5.56 Å². The van der Waals surface area contributed by atoms with E-state index < -0.39 is 28.7 Å². The molecular formula is C16H12F4S. The number of benzene rings is 2. The topological polar surface area (TPSA) is 0 Å². The number of thioether (sulfide) groups is 1. The highest BCUT2D eigenvalue weighted by molar-refractivity contribution is 7.98. The lowest BCUT2D eigenvalue weighted by molar-refractivity contribution is -0.0634. The third kappa shape index (κ3) is 2.44. The molecule has 3 rings (SSSR count). The highest BCUT2D eigenvalue weighted by Crippen LogP contribution is 2.59. The van der Waals surface area contributed by atoms with Gasteiger partial charge in [0.15, 0.2) is 6.17 Å². The largest absolute Gasteiger partial charge is 0.298 e. The Morgan fingerprint density at radius 2 is 1.71 bits per heavy atom. The first kappa shape index (κ1) is 14.4. The van der Waals surface area contributed by atoms with Gasteiger partial charge in [-0.15, -0.1) is 11.8 Å². The second kappa shape index (κ2) is 5.37. The summed E-state index contributed by atoms with van der Waals surface area (Å²) < 4.78 is 55.8. The van der Waals surface area contributed by atoms with Crippen molar-refractivity contribution in [3.8, 4) is 0 Å². The number of hydrogen-bond donors (Lipinski definition) is 0. The summed E-state index contributed by atoms with van der Waals surface area (Å²) in [6.45, 7) is 0. The Labute approximate surface area is 124 Å². The Morgan fingerprint density at radius 3 is 2.43 bits per heavy atom. The van der Waals surface area contributed by atoms with Gasteiger partial charge in [-0.25, -0.2) is 17.6 Å². The molecular weight excluding hydrogens is 300 g/mol. The Hall–Kier alpha value is -1.49. The summed E-state index contributed by atoms with van der Waals surface area (Å²) in [6.07, 6.45) is -2.58. The Kier molecular flexibility index (Phi) is 3.69. The molecule has 0 saturated heterocycles. The van der Waals surface area contributed by atoms with E-state index in [0.717, 1.165) is 23.4 Å². The molecule has 0 saturated carbocycles. The molecule has 21 heavy (non-hydrogen) atoms. The molecule has 0 amide bonds. The summed E-state index contributed by atoms with van der Waals surface area (Å²) in [7, 11) is 0. The van der Waals surface area contributed by atoms with Crippen molar-refractivity contribution in [2.45, 2.75) is 23.1 Å². The van der Waals surface area contributed by atoms with Gasteiger partial charge >= 0.3 is 0 Å². The lowest BCUT2D eigenvalue weighted by Gasteiger charge is -2.20. The van der Waals surface area contributed by atoms with Crippen LogP contribution in [0.3, 0.4) is 0 Å². The van der Waals surface area contributed by atoms with Gasteiger partial charge in [-0.2, -0.15) is 0 Å². The minimum absolute atomic E-state index is 0.0634. The number of halogens is 4. The average Bonchev–Trinajstić information content (AvgIpc) is 2.66. The first-order valence-electron chi connectivity index (χ1n) is 6.47. The molecule has 2 aromatic carbocycles. The standard InChI is InChI=1S/C16H12F4S/c17-12-8-4-7-11-13(12)14(18)16(19,20)15(11)21-9-10-5-2-1-3-6-10/h1-8,14-15H,9H2/t14-,15?/m1/s1. The van der Waals surface area contributed by atoms with E-state index in [1.165, 1.54) is 12.1 Å². The first-order chi connectivity index (χ1) is 10.0. The molecule has 110 valence electrons. The average molecular weight is 312 g/mol. The Morgan fingerprint density at radius 1 is 1.00 bits per heavy atom. The minimum Gasteiger partial charge on any atom is -0.235 e. The zero-order chi connectivity index (χ0) is 15.0. The smallest absolute Gasteiger partial charge is 0.235 e. The highest BCUT2D eigenvalue weighted by atomic mass is 32.2. The number of fused-ring (bicyclic) bond motifs is 1. The molecule has 0 bridgehead atoms. The van der Waals surface area contributed by atoms with Crippen LogP contribution >= 0.6 is 11.8 Å². The van der Waals surface area contributed by atoms with Gasteiger partial charge in [-0.3, -0.25) is 0 Å². The van der Waals surface area contributed by atoms with Crippen LogP contribution in [0.25, 0.3) is 0 Å². The van der Waals surface area contributed by atoms with Crippen LogP contribution in [0.4, 0.5) is 17.6 Å². The van der Waals surface area contributed by atoms with Crippen LogP contribution in [-0.4, -0.2) is 5.92 Å². The van der Waals surface area contributed by atoms with E-state index in [2.05, 4.69) is 0 Å². The van der Waals surface area contributed by atoms with Gasteiger partial charge in [0, 0.05) is 11.3 Å². The van der Waals surface area contributed by atoms with Crippen LogP contribution in [0, 0.1) is 5.82 Å². The molecule has 0 fully saturated rings. The van der Waals surface area contributed by atoms with Crippen molar-refractivity contribution in [3.63, 3.8) is 0 Å². The molecule has 5 heteroatoms. The summed E-state index contributed by atoms with van der Waals surface area (Å²) in [5.74, 6) is -4.17. The monoisotopic (exact) mass is 312 g/mol. The molecule has 0 radical (unpaired) electrons. The fourth-order valence-corrected chi connectivity index (χ4v) is 3.82. The predicted molar refractivity (Wildman–Crippen MR) is 75.7 cm³/mol. The lowest BCUT2D eigenvalue weighted by Crippen LogP contribution is -2.23. The number of rotatable bonds is 3. The Bertz CT molecular complexity index is 642. The first-order valence-corrected chi connectivity index (χ1v) is 7.52. The van der Waals surface area contributed by atoms with E-state index >= 15 is 0 Å². The van der Waals surface area contributed by atoms with Crippen LogP contribution in [-0.2, 0) is 5.75 Å². The maximum Gasteiger partial charge on any atom is 0.298 e. The van der Waals surface area contributed by atoms with Gasteiger partial charge < -0.3 is 0 Å². The van der Waals surface area contributed by atoms with Crippen molar-refractivity contribution in [1.29, 1.82) is 0 Å². The predicted octanol–water partition coefficient (Wildman–Crippen LogP) is 5.46. The molecule has 0 aromatic heterocycles. The van der Waals surface area contributed by atoms with Crippen LogP contribution in [0.15, 0.2) is 48.5 Å². The molecule has 1 aliphatic rings. The van der Waals surface area contributed by atoms with E-state index in [1.807, 2.05) is 30.3 Å². The molecule has 0 heterocycles. The fourth-order valence-electron chi connectivity index (χ4n) is 2.54. The minimum atomic E-state index is -3.59. The second-order valence-electron chi connectivity index (χ2n) is 4.96. The summed E-state index contributed by atoms with van der Waals surface area (Å²) in [5, 5.41) is -1.36. The van der Waals surface area contributed by atoms with Gasteiger partial charge in [0.25, 0.3) is 5.92 Å². The molecule has 2 atom stereocenters. The van der Waals surface area contributed by atoms with E-state index in [9.17, 15) is 17.6 Å². The highest BCUT2D eigenvalue weighted by Gasteiger charge is 2.57. The number of hydrogen-bond acceptors (Lipinski definition) is 1. The van der Waals surface area contributed by atoms with Gasteiger partial charge in [0.1, 0.15) is 5.82 Å². The lowest BCUT2D eigenvalue weighted by atomic mass is 10.1. The van der Waals surface area contributed by atoms with Crippen molar-refractivity contribution in [1.82, 2.24) is 0 Å². The van der Waals surface area contributed by atoms with E-state index in [1.54, 1.807) is 0 Å². The van der Waals surface area contributed by atoms with Gasteiger partial charge in [0.05, 0.1) is 5.25 Å². The Balaban J connectivity index is 1.90. The number of alkyl halides is 3. The van der Waals surface area contributed by atoms with Crippen molar-refractivity contribution in [2.24, 2.45) is 0 Å². The summed E-state index contributed by atoms with van der Waals surface area (Å²) in [4.78, 5) is 0. The molecule has 1 aliphatic carbocycles. The molecule has 0 aliphatic heterocycles. The van der Waals surface area contributed by atoms with Gasteiger partial charge in [0.2, 0.25) is 0 Å². The molecule has 0 nitrogen and oxygen atoms in total. The fraction of sp³-hybridized carbons (Fsp3) is 0.250. The molecule has 2 aromatic rings. The zero-order valence-electron chi connectivity index (χ0n) is 10.9. The third-order valence-electron chi connectivity index (χ3n) is 3.57. The second-order valence-corrected chi connectivity index (χ2v) is 6.05. The maximum absolute atomic E-state index is 14.1. The van der Waals surface area contributed by atoms with Crippen LogP contribution in [0.2, 0.25) is 0 Å².